The summed E-state index contributed by atoms with van der Waals surface area (Å²) < 4.78 is 16.0. The molecule has 0 spiro atoms. The predicted molar refractivity (Wildman–Crippen MR) is 150 cm³/mol. The van der Waals surface area contributed by atoms with Crippen molar-refractivity contribution in [2.75, 3.05) is 27.9 Å². The summed E-state index contributed by atoms with van der Waals surface area (Å²) in [5.74, 6) is 0.391. The Morgan fingerprint density at radius 2 is 0.947 bits per heavy atom. The molecule has 0 unspecified atom stereocenters. The van der Waals surface area contributed by atoms with Crippen LogP contribution < -0.4 is 0 Å². The molecule has 0 fully saturated rings. The molecule has 3 N–H and O–H groups in total. The van der Waals surface area contributed by atoms with Crippen molar-refractivity contribution < 1.29 is 29.5 Å². The molecule has 3 aromatic carbocycles. The van der Waals surface area contributed by atoms with Gasteiger partial charge in [-0.1, -0.05) is 58.0 Å². The zero-order valence-corrected chi connectivity index (χ0v) is 23.7. The first-order valence-corrected chi connectivity index (χ1v) is 12.9. The molecule has 0 radical (unpaired) electrons. The summed E-state index contributed by atoms with van der Waals surface area (Å²) in [7, 11) is 4.84. The molecule has 6 nitrogen and oxygen atoms in total. The third-order valence-corrected chi connectivity index (χ3v) is 7.57. The van der Waals surface area contributed by atoms with Crippen LogP contribution in [0.5, 0.6) is 11.5 Å². The first kappa shape index (κ1) is 29.7. The third-order valence-electron chi connectivity index (χ3n) is 7.57. The fraction of sp³-hybridized carbons (Fsp3) is 0.438. The largest absolute Gasteiger partial charge is 0.507 e. The summed E-state index contributed by atoms with van der Waals surface area (Å²) >= 11 is 0. The lowest BCUT2D eigenvalue weighted by Crippen LogP contribution is -2.23. The number of aliphatic hydroxyl groups is 1. The lowest BCUT2D eigenvalue weighted by atomic mass is 9.72. The van der Waals surface area contributed by atoms with Crippen molar-refractivity contribution in [2.45, 2.75) is 64.8 Å². The van der Waals surface area contributed by atoms with Crippen molar-refractivity contribution in [1.82, 2.24) is 0 Å². The van der Waals surface area contributed by atoms with E-state index < -0.39 is 0 Å². The predicted octanol–water partition coefficient (Wildman–Crippen LogP) is 5.72. The second kappa shape index (κ2) is 12.3. The second-order valence-electron chi connectivity index (χ2n) is 10.9. The number of phenolic OH excluding ortho intramolecular Hbond substituents is 2. The van der Waals surface area contributed by atoms with Gasteiger partial charge < -0.3 is 29.5 Å². The molecule has 0 bridgehead atoms. The third kappa shape index (κ3) is 6.05. The Bertz CT molecular complexity index is 1100. The van der Waals surface area contributed by atoms with Crippen molar-refractivity contribution >= 4 is 0 Å². The van der Waals surface area contributed by atoms with Crippen molar-refractivity contribution in [3.63, 3.8) is 0 Å². The van der Waals surface area contributed by atoms with Gasteiger partial charge in [-0.15, -0.1) is 0 Å². The van der Waals surface area contributed by atoms with Crippen molar-refractivity contribution in [3.8, 4) is 11.5 Å². The van der Waals surface area contributed by atoms with E-state index in [1.165, 1.54) is 0 Å². The average molecular weight is 523 g/mol. The molecule has 3 aromatic rings. The monoisotopic (exact) mass is 522 g/mol. The summed E-state index contributed by atoms with van der Waals surface area (Å²) in [6.45, 7) is 9.54. The molecule has 206 valence electrons. The molecular formula is C32H42O6. The second-order valence-corrected chi connectivity index (χ2v) is 10.9. The lowest BCUT2D eigenvalue weighted by Gasteiger charge is -2.32. The van der Waals surface area contributed by atoms with Crippen molar-refractivity contribution in [1.29, 1.82) is 0 Å². The summed E-state index contributed by atoms with van der Waals surface area (Å²) in [6, 6.07) is 16.5. The number of methoxy groups -OCH3 is 3. The minimum absolute atomic E-state index is 0.0453. The van der Waals surface area contributed by atoms with Crippen LogP contribution in [0.2, 0.25) is 0 Å². The van der Waals surface area contributed by atoms with E-state index in [2.05, 4.69) is 52.0 Å². The van der Waals surface area contributed by atoms with E-state index in [1.54, 1.807) is 21.3 Å². The highest BCUT2D eigenvalue weighted by atomic mass is 16.5. The number of benzene rings is 3. The molecule has 0 aliphatic carbocycles. The molecule has 0 amide bonds. The maximum Gasteiger partial charge on any atom is 0.126 e. The molecule has 0 heterocycles. The Hall–Kier alpha value is -2.90. The van der Waals surface area contributed by atoms with Crippen LogP contribution in [0.1, 0.15) is 72.2 Å². The van der Waals surface area contributed by atoms with Gasteiger partial charge in [-0.25, -0.2) is 0 Å². The van der Waals surface area contributed by atoms with E-state index in [1.807, 2.05) is 24.3 Å². The van der Waals surface area contributed by atoms with Gasteiger partial charge in [-0.3, -0.25) is 0 Å². The van der Waals surface area contributed by atoms with Gasteiger partial charge in [0.1, 0.15) is 11.5 Å². The minimum atomic E-state index is -0.385. The van der Waals surface area contributed by atoms with E-state index in [0.717, 1.165) is 33.4 Å². The Morgan fingerprint density at radius 3 is 1.32 bits per heavy atom. The van der Waals surface area contributed by atoms with Crippen LogP contribution >= 0.6 is 0 Å². The first-order chi connectivity index (χ1) is 18.0. The Balaban J connectivity index is 2.11. The smallest absolute Gasteiger partial charge is 0.126 e. The summed E-state index contributed by atoms with van der Waals surface area (Å²) in [5.41, 5.74) is 6.47. The topological polar surface area (TPSA) is 88.4 Å². The lowest BCUT2D eigenvalue weighted by molar-refractivity contribution is 0.174. The fourth-order valence-electron chi connectivity index (χ4n) is 4.98. The maximum atomic E-state index is 10.7. The highest BCUT2D eigenvalue weighted by Crippen LogP contribution is 2.40. The minimum Gasteiger partial charge on any atom is -0.507 e. The average Bonchev–Trinajstić information content (AvgIpc) is 2.89. The standard InChI is InChI=1S/C32H42O6/c1-31(2,27-13-21(11-12-33)29(34)22(14-27)18-36-5)25-9-8-10-26(17-25)32(3,4)28-15-23(19-37-6)30(35)24(16-28)20-38-7/h8-10,13-17,33-35H,11-12,18-20H2,1-7H3. The van der Waals surface area contributed by atoms with Gasteiger partial charge in [0.25, 0.3) is 0 Å². The SMILES string of the molecule is COCc1cc(C(C)(C)c2cccc(C(C)(C)c3cc(COC)c(O)c(COC)c3)c2)cc(CCO)c1O. The van der Waals surface area contributed by atoms with Crippen LogP contribution in [0.15, 0.2) is 48.5 Å². The number of aromatic hydroxyl groups is 2. The van der Waals surface area contributed by atoms with Gasteiger partial charge in [0.2, 0.25) is 0 Å². The summed E-state index contributed by atoms with van der Waals surface area (Å²) in [5, 5.41) is 31.0. The van der Waals surface area contributed by atoms with Crippen LogP contribution in [-0.4, -0.2) is 43.3 Å². The number of aliphatic hydroxyl groups excluding tert-OH is 1. The van der Waals surface area contributed by atoms with E-state index in [4.69, 9.17) is 14.2 Å². The van der Waals surface area contributed by atoms with E-state index in [0.29, 0.717) is 30.8 Å². The van der Waals surface area contributed by atoms with E-state index >= 15 is 0 Å². The molecule has 0 atom stereocenters. The van der Waals surface area contributed by atoms with Crippen molar-refractivity contribution in [3.05, 3.63) is 93.0 Å². The molecular weight excluding hydrogens is 480 g/mol. The van der Waals surface area contributed by atoms with Crippen LogP contribution in [0.25, 0.3) is 0 Å². The van der Waals surface area contributed by atoms with Crippen LogP contribution in [-0.2, 0) is 51.3 Å². The van der Waals surface area contributed by atoms with Crippen LogP contribution in [0.4, 0.5) is 0 Å². The van der Waals surface area contributed by atoms with Gasteiger partial charge in [0, 0.05) is 55.5 Å². The number of hydrogen-bond donors (Lipinski definition) is 3. The molecule has 0 aromatic heterocycles. The Morgan fingerprint density at radius 1 is 0.579 bits per heavy atom. The van der Waals surface area contributed by atoms with E-state index in [-0.39, 0.29) is 35.5 Å². The maximum absolute atomic E-state index is 10.7. The quantitative estimate of drug-likeness (QED) is 0.282. The van der Waals surface area contributed by atoms with Gasteiger partial charge in [-0.05, 0) is 52.4 Å². The molecule has 0 saturated heterocycles. The highest BCUT2D eigenvalue weighted by Gasteiger charge is 2.30. The molecule has 0 aliphatic rings. The Labute approximate surface area is 226 Å². The van der Waals surface area contributed by atoms with Gasteiger partial charge in [0.05, 0.1) is 19.8 Å². The van der Waals surface area contributed by atoms with Crippen molar-refractivity contribution in [2.24, 2.45) is 0 Å². The van der Waals surface area contributed by atoms with Crippen LogP contribution in [0, 0.1) is 0 Å². The highest BCUT2D eigenvalue weighted by molar-refractivity contribution is 5.52. The summed E-state index contributed by atoms with van der Waals surface area (Å²) in [4.78, 5) is 0. The normalized spacial score (nSPS) is 12.2. The van der Waals surface area contributed by atoms with E-state index in [9.17, 15) is 15.3 Å². The zero-order valence-electron chi connectivity index (χ0n) is 23.7. The first-order valence-electron chi connectivity index (χ1n) is 12.9. The summed E-state index contributed by atoms with van der Waals surface area (Å²) in [6.07, 6.45) is 0.369. The van der Waals surface area contributed by atoms with Crippen LogP contribution in [0.3, 0.4) is 0 Å². The molecule has 0 aliphatic heterocycles. The fourth-order valence-corrected chi connectivity index (χ4v) is 4.98. The Kier molecular flexibility index (Phi) is 9.60. The number of rotatable bonds is 12. The molecule has 0 saturated carbocycles. The molecule has 3 rings (SSSR count). The van der Waals surface area contributed by atoms with Gasteiger partial charge in [0.15, 0.2) is 0 Å². The number of phenols is 2. The molecule has 38 heavy (non-hydrogen) atoms. The molecule has 6 heteroatoms. The number of hydrogen-bond acceptors (Lipinski definition) is 6. The zero-order chi connectivity index (χ0) is 28.1. The van der Waals surface area contributed by atoms with Gasteiger partial charge >= 0.3 is 0 Å². The van der Waals surface area contributed by atoms with Gasteiger partial charge in [-0.2, -0.15) is 0 Å². The number of ether oxygens (including phenoxy) is 3.